The van der Waals surface area contributed by atoms with Crippen molar-refractivity contribution in [1.29, 1.82) is 0 Å². The molecule has 0 fully saturated rings. The first-order valence-electron chi connectivity index (χ1n) is 5.60. The van der Waals surface area contributed by atoms with E-state index in [1.54, 1.807) is 6.07 Å². The lowest BCUT2D eigenvalue weighted by molar-refractivity contribution is -0.140. The maximum absolute atomic E-state index is 13.2. The maximum Gasteiger partial charge on any atom is 0.305 e. The molecule has 4 nitrogen and oxygen atoms in total. The molecule has 6 heteroatoms. The molecule has 1 aromatic heterocycles. The molecule has 0 saturated carbocycles. The number of phenolic OH excluding ortho intramolecular Hbond substituents is 1. The van der Waals surface area contributed by atoms with Crippen molar-refractivity contribution in [1.82, 2.24) is 4.98 Å². The Morgan fingerprint density at radius 3 is 3.00 bits per heavy atom. The Hall–Kier alpha value is -1.95. The number of benzene rings is 1. The van der Waals surface area contributed by atoms with Crippen LogP contribution in [-0.4, -0.2) is 23.2 Å². The number of nitrogens with zero attached hydrogens (tertiary/aromatic N) is 1. The fourth-order valence-electron chi connectivity index (χ4n) is 1.53. The molecule has 1 N–H and O–H groups in total. The number of aromatic nitrogens is 1. The first-order valence-corrected chi connectivity index (χ1v) is 6.48. The number of methoxy groups -OCH3 is 1. The molecule has 0 amide bonds. The molecule has 1 heterocycles. The van der Waals surface area contributed by atoms with Crippen LogP contribution in [0, 0.1) is 5.82 Å². The second-order valence-electron chi connectivity index (χ2n) is 3.89. The normalized spacial score (nSPS) is 10.4. The number of hydrogen-bond donors (Lipinski definition) is 1. The van der Waals surface area contributed by atoms with Crippen LogP contribution in [0.15, 0.2) is 23.6 Å². The third-order valence-electron chi connectivity index (χ3n) is 2.56. The summed E-state index contributed by atoms with van der Waals surface area (Å²) in [5.41, 5.74) is 1.36. The van der Waals surface area contributed by atoms with Crippen LogP contribution in [0.3, 0.4) is 0 Å². The molecule has 19 heavy (non-hydrogen) atoms. The highest BCUT2D eigenvalue weighted by molar-refractivity contribution is 7.13. The third kappa shape index (κ3) is 3.29. The fraction of sp³-hybridized carbons (Fsp3) is 0.231. The molecule has 0 atom stereocenters. The minimum absolute atomic E-state index is 0.267. The van der Waals surface area contributed by atoms with E-state index < -0.39 is 5.82 Å². The number of rotatable bonds is 4. The van der Waals surface area contributed by atoms with Gasteiger partial charge in [0.25, 0.3) is 0 Å². The topological polar surface area (TPSA) is 59.4 Å². The molecule has 0 aliphatic carbocycles. The number of esters is 1. The second kappa shape index (κ2) is 5.79. The molecule has 2 aromatic rings. The van der Waals surface area contributed by atoms with E-state index in [-0.39, 0.29) is 18.1 Å². The summed E-state index contributed by atoms with van der Waals surface area (Å²) in [6.07, 6.45) is 0.757. The van der Waals surface area contributed by atoms with Gasteiger partial charge in [-0.15, -0.1) is 11.3 Å². The van der Waals surface area contributed by atoms with Crippen LogP contribution in [0.1, 0.15) is 12.1 Å². The number of carbonyl (C=O) groups is 1. The fourth-order valence-corrected chi connectivity index (χ4v) is 2.38. The largest absolute Gasteiger partial charge is 0.505 e. The van der Waals surface area contributed by atoms with Crippen molar-refractivity contribution in [2.75, 3.05) is 7.11 Å². The Morgan fingerprint density at radius 2 is 2.32 bits per heavy atom. The van der Waals surface area contributed by atoms with Crippen LogP contribution in [0.4, 0.5) is 4.39 Å². The van der Waals surface area contributed by atoms with Gasteiger partial charge >= 0.3 is 5.97 Å². The van der Waals surface area contributed by atoms with Gasteiger partial charge in [-0.25, -0.2) is 9.37 Å². The Bertz CT molecular complexity index is 597. The van der Waals surface area contributed by atoms with Gasteiger partial charge in [0.15, 0.2) is 11.6 Å². The summed E-state index contributed by atoms with van der Waals surface area (Å²) in [6, 6.07) is 4.12. The van der Waals surface area contributed by atoms with Crippen LogP contribution in [0.2, 0.25) is 0 Å². The first-order chi connectivity index (χ1) is 9.10. The molecule has 1 aromatic carbocycles. The number of halogens is 1. The van der Waals surface area contributed by atoms with E-state index in [1.165, 1.54) is 30.6 Å². The zero-order valence-electron chi connectivity index (χ0n) is 10.2. The lowest BCUT2D eigenvalue weighted by Gasteiger charge is -1.99. The van der Waals surface area contributed by atoms with Crippen molar-refractivity contribution >= 4 is 17.3 Å². The van der Waals surface area contributed by atoms with E-state index in [4.69, 9.17) is 5.11 Å². The predicted molar refractivity (Wildman–Crippen MR) is 69.5 cm³/mol. The van der Waals surface area contributed by atoms with Gasteiger partial charge in [-0.05, 0) is 18.2 Å². The monoisotopic (exact) mass is 281 g/mol. The van der Waals surface area contributed by atoms with Gasteiger partial charge in [-0.2, -0.15) is 0 Å². The summed E-state index contributed by atoms with van der Waals surface area (Å²) in [5.74, 6) is -1.35. The van der Waals surface area contributed by atoms with Crippen molar-refractivity contribution in [3.8, 4) is 16.3 Å². The van der Waals surface area contributed by atoms with Gasteiger partial charge in [0.05, 0.1) is 19.2 Å². The van der Waals surface area contributed by atoms with Gasteiger partial charge in [-0.3, -0.25) is 4.79 Å². The lowest BCUT2D eigenvalue weighted by atomic mass is 10.2. The number of hydrogen-bond acceptors (Lipinski definition) is 5. The van der Waals surface area contributed by atoms with E-state index in [1.807, 2.05) is 5.38 Å². The van der Waals surface area contributed by atoms with E-state index in [0.717, 1.165) is 5.69 Å². The molecule has 0 unspecified atom stereocenters. The zero-order chi connectivity index (χ0) is 13.8. The summed E-state index contributed by atoms with van der Waals surface area (Å²) in [5, 5.41) is 11.6. The molecule has 0 aliphatic rings. The Labute approximate surface area is 113 Å². The van der Waals surface area contributed by atoms with Crippen LogP contribution in [0.25, 0.3) is 10.6 Å². The molecule has 0 aliphatic heterocycles. The SMILES string of the molecule is COC(=O)CCc1csc(-c2ccc(O)c(F)c2)n1. The van der Waals surface area contributed by atoms with E-state index in [2.05, 4.69) is 9.72 Å². The molecular weight excluding hydrogens is 269 g/mol. The van der Waals surface area contributed by atoms with Crippen LogP contribution in [0.5, 0.6) is 5.75 Å². The quantitative estimate of drug-likeness (QED) is 0.875. The Balaban J connectivity index is 2.12. The van der Waals surface area contributed by atoms with Crippen molar-refractivity contribution in [2.45, 2.75) is 12.8 Å². The highest BCUT2D eigenvalue weighted by Gasteiger charge is 2.09. The maximum atomic E-state index is 13.2. The summed E-state index contributed by atoms with van der Waals surface area (Å²) in [4.78, 5) is 15.3. The number of aromatic hydroxyl groups is 1. The minimum Gasteiger partial charge on any atom is -0.505 e. The summed E-state index contributed by atoms with van der Waals surface area (Å²) < 4.78 is 17.8. The van der Waals surface area contributed by atoms with Gasteiger partial charge in [-0.1, -0.05) is 0 Å². The summed E-state index contributed by atoms with van der Waals surface area (Å²) >= 11 is 1.36. The molecule has 2 rings (SSSR count). The molecular formula is C13H12FNO3S. The molecule has 100 valence electrons. The average molecular weight is 281 g/mol. The first kappa shape index (κ1) is 13.5. The number of carbonyl (C=O) groups excluding carboxylic acids is 1. The number of thiazole rings is 1. The number of aryl methyl sites for hydroxylation is 1. The van der Waals surface area contributed by atoms with E-state index >= 15 is 0 Å². The van der Waals surface area contributed by atoms with Crippen molar-refractivity contribution in [3.63, 3.8) is 0 Å². The molecule has 0 bridgehead atoms. The summed E-state index contributed by atoms with van der Waals surface area (Å²) in [7, 11) is 1.34. The smallest absolute Gasteiger partial charge is 0.305 e. The zero-order valence-corrected chi connectivity index (χ0v) is 11.0. The van der Waals surface area contributed by atoms with E-state index in [0.29, 0.717) is 17.0 Å². The van der Waals surface area contributed by atoms with Crippen LogP contribution < -0.4 is 0 Å². The molecule has 0 radical (unpaired) electrons. The predicted octanol–water partition coefficient (Wildman–Crippen LogP) is 2.76. The summed E-state index contributed by atoms with van der Waals surface area (Å²) in [6.45, 7) is 0. The lowest BCUT2D eigenvalue weighted by Crippen LogP contribution is -2.01. The van der Waals surface area contributed by atoms with Gasteiger partial charge < -0.3 is 9.84 Å². The van der Waals surface area contributed by atoms with Gasteiger partial charge in [0.1, 0.15) is 5.01 Å². The van der Waals surface area contributed by atoms with Crippen molar-refractivity contribution < 1.29 is 19.0 Å². The van der Waals surface area contributed by atoms with Gasteiger partial charge in [0.2, 0.25) is 0 Å². The van der Waals surface area contributed by atoms with Crippen LogP contribution >= 0.6 is 11.3 Å². The van der Waals surface area contributed by atoms with E-state index in [9.17, 15) is 9.18 Å². The second-order valence-corrected chi connectivity index (χ2v) is 4.74. The molecule has 0 saturated heterocycles. The number of ether oxygens (including phenoxy) is 1. The van der Waals surface area contributed by atoms with Crippen molar-refractivity contribution in [3.05, 3.63) is 35.1 Å². The van der Waals surface area contributed by atoms with Gasteiger partial charge in [0, 0.05) is 17.4 Å². The standard InChI is InChI=1S/C13H12FNO3S/c1-18-12(17)5-3-9-7-19-13(15-9)8-2-4-11(16)10(14)6-8/h2,4,6-7,16H,3,5H2,1H3. The van der Waals surface area contributed by atoms with Crippen LogP contribution in [-0.2, 0) is 16.0 Å². The Morgan fingerprint density at radius 1 is 1.53 bits per heavy atom. The highest BCUT2D eigenvalue weighted by Crippen LogP contribution is 2.27. The minimum atomic E-state index is -0.677. The van der Waals surface area contributed by atoms with Crippen molar-refractivity contribution in [2.24, 2.45) is 0 Å². The number of phenols is 1. The third-order valence-corrected chi connectivity index (χ3v) is 3.50. The molecule has 0 spiro atoms. The Kier molecular flexibility index (Phi) is 4.11. The average Bonchev–Trinajstić information content (AvgIpc) is 2.88. The highest BCUT2D eigenvalue weighted by atomic mass is 32.1.